The molecule has 0 heterocycles. The summed E-state index contributed by atoms with van der Waals surface area (Å²) in [5.41, 5.74) is 0. The molecule has 0 radical (unpaired) electrons. The first-order valence-corrected chi connectivity index (χ1v) is 8.00. The minimum atomic E-state index is -0.0722. The number of rotatable bonds is 12. The van der Waals surface area contributed by atoms with Gasteiger partial charge in [-0.25, -0.2) is 0 Å². The van der Waals surface area contributed by atoms with Crippen LogP contribution in [0.5, 0.6) is 0 Å². The second kappa shape index (κ2) is 12.5. The first-order valence-electron chi connectivity index (χ1n) is 8.00. The highest BCUT2D eigenvalue weighted by atomic mass is 16.3. The highest BCUT2D eigenvalue weighted by molar-refractivity contribution is 5.76. The highest BCUT2D eigenvalue weighted by Crippen LogP contribution is 2.09. The summed E-state index contributed by atoms with van der Waals surface area (Å²) in [5, 5.41) is 12.1. The normalized spacial score (nSPS) is 12.7. The van der Waals surface area contributed by atoms with E-state index in [0.717, 1.165) is 19.3 Å². The van der Waals surface area contributed by atoms with Crippen LogP contribution in [0, 0.1) is 5.92 Å². The number of nitrogens with one attached hydrogen (secondary N) is 1. The van der Waals surface area contributed by atoms with Crippen LogP contribution in [0.15, 0.2) is 0 Å². The van der Waals surface area contributed by atoms with Gasteiger partial charge in [-0.15, -0.1) is 0 Å². The first-order chi connectivity index (χ1) is 9.10. The summed E-state index contributed by atoms with van der Waals surface area (Å²) in [4.78, 5) is 11.7. The van der Waals surface area contributed by atoms with E-state index in [-0.39, 0.29) is 18.6 Å². The molecule has 0 aliphatic carbocycles. The van der Waals surface area contributed by atoms with Crippen LogP contribution in [0.2, 0.25) is 0 Å². The molecule has 3 heteroatoms. The standard InChI is InChI=1S/C16H33NO2/c1-4-5-6-7-8-9-10-11-16(19)17-15(13-18)12-14(2)3/h14-15,18H,4-13H2,1-3H3,(H,17,19). The zero-order valence-electron chi connectivity index (χ0n) is 13.1. The molecule has 0 spiro atoms. The van der Waals surface area contributed by atoms with Gasteiger partial charge in [-0.2, -0.15) is 0 Å². The SMILES string of the molecule is CCCCCCCCCC(=O)NC(CO)CC(C)C. The summed E-state index contributed by atoms with van der Waals surface area (Å²) >= 11 is 0. The molecule has 0 aliphatic rings. The number of carbonyl (C=O) groups is 1. The lowest BCUT2D eigenvalue weighted by Gasteiger charge is -2.18. The summed E-state index contributed by atoms with van der Waals surface area (Å²) < 4.78 is 0. The molecule has 1 unspecified atom stereocenters. The molecule has 3 nitrogen and oxygen atoms in total. The topological polar surface area (TPSA) is 49.3 Å². The quantitative estimate of drug-likeness (QED) is 0.532. The van der Waals surface area contributed by atoms with Crippen molar-refractivity contribution in [3.63, 3.8) is 0 Å². The van der Waals surface area contributed by atoms with Crippen molar-refractivity contribution in [1.82, 2.24) is 5.32 Å². The maximum Gasteiger partial charge on any atom is 0.220 e. The smallest absolute Gasteiger partial charge is 0.220 e. The van der Waals surface area contributed by atoms with Crippen molar-refractivity contribution in [3.8, 4) is 0 Å². The van der Waals surface area contributed by atoms with Crippen LogP contribution >= 0.6 is 0 Å². The molecule has 114 valence electrons. The third kappa shape index (κ3) is 12.2. The molecule has 0 fully saturated rings. The van der Waals surface area contributed by atoms with Gasteiger partial charge in [-0.3, -0.25) is 4.79 Å². The van der Waals surface area contributed by atoms with Crippen molar-refractivity contribution in [2.45, 2.75) is 84.6 Å². The Hall–Kier alpha value is -0.570. The molecule has 1 amide bonds. The molecule has 1 atom stereocenters. The second-order valence-corrected chi connectivity index (χ2v) is 5.95. The van der Waals surface area contributed by atoms with Crippen molar-refractivity contribution < 1.29 is 9.90 Å². The fourth-order valence-electron chi connectivity index (χ4n) is 2.29. The van der Waals surface area contributed by atoms with E-state index in [4.69, 9.17) is 0 Å². The lowest BCUT2D eigenvalue weighted by Crippen LogP contribution is -2.38. The zero-order valence-corrected chi connectivity index (χ0v) is 13.1. The van der Waals surface area contributed by atoms with Gasteiger partial charge in [0.05, 0.1) is 12.6 Å². The Labute approximate surface area is 119 Å². The van der Waals surface area contributed by atoms with Crippen LogP contribution in [0.25, 0.3) is 0 Å². The van der Waals surface area contributed by atoms with E-state index < -0.39 is 0 Å². The predicted molar refractivity (Wildman–Crippen MR) is 81.1 cm³/mol. The summed E-state index contributed by atoms with van der Waals surface area (Å²) in [6.07, 6.45) is 10.0. The van der Waals surface area contributed by atoms with E-state index in [2.05, 4.69) is 26.1 Å². The second-order valence-electron chi connectivity index (χ2n) is 5.95. The maximum absolute atomic E-state index is 11.7. The van der Waals surface area contributed by atoms with Gasteiger partial charge in [-0.1, -0.05) is 59.3 Å². The van der Waals surface area contributed by atoms with Crippen LogP contribution in [0.3, 0.4) is 0 Å². The number of hydrogen-bond donors (Lipinski definition) is 2. The number of aliphatic hydroxyl groups is 1. The van der Waals surface area contributed by atoms with E-state index in [1.165, 1.54) is 32.1 Å². The van der Waals surface area contributed by atoms with E-state index in [9.17, 15) is 9.90 Å². The summed E-state index contributed by atoms with van der Waals surface area (Å²) in [6, 6.07) is -0.0722. The van der Waals surface area contributed by atoms with E-state index in [0.29, 0.717) is 12.3 Å². The monoisotopic (exact) mass is 271 g/mol. The van der Waals surface area contributed by atoms with Crippen LogP contribution < -0.4 is 5.32 Å². The summed E-state index contributed by atoms with van der Waals surface area (Å²) in [7, 11) is 0. The van der Waals surface area contributed by atoms with E-state index in [1.807, 2.05) is 0 Å². The van der Waals surface area contributed by atoms with Crippen LogP contribution in [0.1, 0.15) is 78.6 Å². The Morgan fingerprint density at radius 3 is 2.16 bits per heavy atom. The van der Waals surface area contributed by atoms with Crippen LogP contribution in [0.4, 0.5) is 0 Å². The average molecular weight is 271 g/mol. The van der Waals surface area contributed by atoms with Crippen LogP contribution in [-0.2, 0) is 4.79 Å². The van der Waals surface area contributed by atoms with Crippen molar-refractivity contribution in [1.29, 1.82) is 0 Å². The van der Waals surface area contributed by atoms with Crippen LogP contribution in [-0.4, -0.2) is 23.7 Å². The minimum absolute atomic E-state index is 0.0426. The third-order valence-electron chi connectivity index (χ3n) is 3.35. The molecule has 0 aromatic carbocycles. The van der Waals surface area contributed by atoms with Gasteiger partial charge in [0, 0.05) is 6.42 Å². The fourth-order valence-corrected chi connectivity index (χ4v) is 2.29. The first kappa shape index (κ1) is 18.4. The van der Waals surface area contributed by atoms with E-state index in [1.54, 1.807) is 0 Å². The van der Waals surface area contributed by atoms with Crippen molar-refractivity contribution >= 4 is 5.91 Å². The zero-order chi connectivity index (χ0) is 14.5. The molecular formula is C16H33NO2. The molecule has 2 N–H and O–H groups in total. The molecule has 0 rings (SSSR count). The number of hydrogen-bond acceptors (Lipinski definition) is 2. The predicted octanol–water partition coefficient (Wildman–Crippen LogP) is 3.65. The maximum atomic E-state index is 11.7. The Balaban J connectivity index is 3.52. The largest absolute Gasteiger partial charge is 0.394 e. The van der Waals surface area contributed by atoms with Crippen molar-refractivity contribution in [3.05, 3.63) is 0 Å². The van der Waals surface area contributed by atoms with Crippen molar-refractivity contribution in [2.75, 3.05) is 6.61 Å². The lowest BCUT2D eigenvalue weighted by atomic mass is 10.0. The van der Waals surface area contributed by atoms with Crippen molar-refractivity contribution in [2.24, 2.45) is 5.92 Å². The molecule has 19 heavy (non-hydrogen) atoms. The molecule has 0 bridgehead atoms. The number of unbranched alkanes of at least 4 members (excludes halogenated alkanes) is 6. The molecule has 0 aromatic rings. The lowest BCUT2D eigenvalue weighted by molar-refractivity contribution is -0.122. The average Bonchev–Trinajstić information content (AvgIpc) is 2.36. The Morgan fingerprint density at radius 1 is 1.05 bits per heavy atom. The molecule has 0 aromatic heterocycles. The third-order valence-corrected chi connectivity index (χ3v) is 3.35. The number of aliphatic hydroxyl groups excluding tert-OH is 1. The molecule has 0 saturated heterocycles. The van der Waals surface area contributed by atoms with Gasteiger partial charge in [0.25, 0.3) is 0 Å². The molecule has 0 saturated carbocycles. The number of amides is 1. The van der Waals surface area contributed by atoms with E-state index >= 15 is 0 Å². The molecular weight excluding hydrogens is 238 g/mol. The van der Waals surface area contributed by atoms with Gasteiger partial charge in [0.15, 0.2) is 0 Å². The summed E-state index contributed by atoms with van der Waals surface area (Å²) in [6.45, 7) is 6.47. The minimum Gasteiger partial charge on any atom is -0.394 e. The van der Waals surface area contributed by atoms with Gasteiger partial charge >= 0.3 is 0 Å². The number of carbonyl (C=O) groups excluding carboxylic acids is 1. The summed E-state index contributed by atoms with van der Waals surface area (Å²) in [5.74, 6) is 0.587. The van der Waals surface area contributed by atoms with Gasteiger partial charge in [0.2, 0.25) is 5.91 Å². The Bertz CT molecular complexity index is 217. The Morgan fingerprint density at radius 2 is 1.63 bits per heavy atom. The Kier molecular flexibility index (Phi) is 12.1. The van der Waals surface area contributed by atoms with Gasteiger partial charge < -0.3 is 10.4 Å². The van der Waals surface area contributed by atoms with Gasteiger partial charge in [-0.05, 0) is 18.8 Å². The fraction of sp³-hybridized carbons (Fsp3) is 0.938. The van der Waals surface area contributed by atoms with Gasteiger partial charge in [0.1, 0.15) is 0 Å². The highest BCUT2D eigenvalue weighted by Gasteiger charge is 2.12. The molecule has 0 aliphatic heterocycles.